The molecule has 15 aromatic carbocycles. The monoisotopic (exact) mass is 1650 g/mol. The highest BCUT2D eigenvalue weighted by atomic mass is 19.1. The van der Waals surface area contributed by atoms with E-state index >= 15 is 0 Å². The summed E-state index contributed by atoms with van der Waals surface area (Å²) < 4.78 is 66.2. The van der Waals surface area contributed by atoms with Crippen molar-refractivity contribution in [1.82, 2.24) is 0 Å². The molecule has 0 saturated heterocycles. The Labute approximate surface area is 740 Å². The van der Waals surface area contributed by atoms with Crippen LogP contribution >= 0.6 is 0 Å². The van der Waals surface area contributed by atoms with Crippen LogP contribution in [0.1, 0.15) is 68.2 Å². The Bertz CT molecular complexity index is 8130. The first-order valence-electron chi connectivity index (χ1n) is 45.1. The van der Waals surface area contributed by atoms with Crippen molar-refractivity contribution >= 4 is 131 Å². The van der Waals surface area contributed by atoms with Gasteiger partial charge in [0.2, 0.25) is 22.8 Å². The van der Waals surface area contributed by atoms with Crippen LogP contribution in [0.15, 0.2) is 364 Å². The van der Waals surface area contributed by atoms with Gasteiger partial charge in [0.05, 0.1) is 22.3 Å². The van der Waals surface area contributed by atoms with E-state index in [0.29, 0.717) is 0 Å². The van der Waals surface area contributed by atoms with Crippen LogP contribution in [0, 0.1) is 46.4 Å². The van der Waals surface area contributed by atoms with Crippen LogP contribution in [0.25, 0.3) is 209 Å². The van der Waals surface area contributed by atoms with Crippen LogP contribution in [0.3, 0.4) is 0 Å². The van der Waals surface area contributed by atoms with E-state index in [0.717, 1.165) is 170 Å². The van der Waals surface area contributed by atoms with Gasteiger partial charge in [0.15, 0.2) is 24.8 Å². The molecule has 0 aliphatic heterocycles. The van der Waals surface area contributed by atoms with E-state index in [9.17, 15) is 4.39 Å². The fraction of sp³-hybridized carbons (Fsp3) is 0.136. The molecule has 0 unspecified atom stereocenters. The molecule has 0 amide bonds. The van der Waals surface area contributed by atoms with E-state index in [2.05, 4.69) is 340 Å². The van der Waals surface area contributed by atoms with E-state index in [-0.39, 0.29) is 11.7 Å². The number of halogens is 1. The van der Waals surface area contributed by atoms with Crippen molar-refractivity contribution in [1.29, 1.82) is 0 Å². The fourth-order valence-corrected chi connectivity index (χ4v) is 19.9. The van der Waals surface area contributed by atoms with Crippen LogP contribution in [-0.2, 0) is 34.6 Å². The summed E-state index contributed by atoms with van der Waals surface area (Å²) in [6, 6.07) is 111. The topological polar surface area (TPSA) is 68.1 Å². The molecule has 0 radical (unpaired) electrons. The van der Waals surface area contributed by atoms with Gasteiger partial charge in [-0.15, -0.1) is 0 Å². The second kappa shape index (κ2) is 33.0. The quantitative estimate of drug-likeness (QED) is 0.135. The number of benzene rings is 15. The summed E-state index contributed by atoms with van der Waals surface area (Å²) in [6.45, 7) is 10.9. The van der Waals surface area contributed by atoms with Crippen LogP contribution in [0.2, 0.25) is 0 Å². The maximum Gasteiger partial charge on any atom is 0.216 e. The zero-order chi connectivity index (χ0) is 88.0. The fourth-order valence-electron chi connectivity index (χ4n) is 19.9. The summed E-state index contributed by atoms with van der Waals surface area (Å²) >= 11 is 0. The number of nitrogens with zero attached hydrogens (tertiary/aromatic N) is 4. The number of rotatable bonds is 9. The van der Waals surface area contributed by atoms with Crippen LogP contribution in [0.5, 0.6) is 0 Å². The molecule has 0 bridgehead atoms. The number of fused-ring (bicyclic) bond motifs is 20. The molecular weight excluding hydrogens is 1560 g/mol. The number of hydrogen-bond donors (Lipinski definition) is 0. The minimum atomic E-state index is -1.35. The maximum atomic E-state index is 13.5. The number of pyridine rings is 4. The molecule has 9 heteroatoms. The van der Waals surface area contributed by atoms with Crippen LogP contribution < -0.4 is 18.3 Å². The predicted octanol–water partition coefficient (Wildman–Crippen LogP) is 29.7. The molecule has 1 aliphatic rings. The number of furan rings is 4. The number of aromatic nitrogens is 4. The summed E-state index contributed by atoms with van der Waals surface area (Å²) in [7, 11) is 8.30. The minimum absolute atomic E-state index is 0.0747. The molecule has 616 valence electrons. The van der Waals surface area contributed by atoms with Crippen molar-refractivity contribution in [2.45, 2.75) is 73.1 Å². The van der Waals surface area contributed by atoms with E-state index < -0.39 is 6.37 Å². The Morgan fingerprint density at radius 1 is 0.276 bits per heavy atom. The highest BCUT2D eigenvalue weighted by molar-refractivity contribution is 6.27. The average Bonchev–Trinajstić information content (AvgIpc) is 1.60. The number of hydrogen-bond acceptors (Lipinski definition) is 4. The molecule has 8 aromatic heterocycles. The minimum Gasteiger partial charge on any atom is -0.455 e. The third-order valence-electron chi connectivity index (χ3n) is 26.5. The SMILES string of the molecule is Cc1c(-c2cc(-c3ccc(F)cc3)cc[n+]2C)c2oc3ccccc3c2c2ccccc12.Cc1c(-c2cc(-c3ccccc3)cc[n+]2C)c2oc3ccccc3c2c2ccccc12.Cc1ccc(-c2cc[n+](C)c(-c3c(C)c4ccccc4c4c3oc3ccccc34)c2)cc1.[2H]C([2H])(c1cc[n+](C)c(-c2c(C)c3ccccc3c3c2oc2ccccc23)c1)C1CCCCC1. The van der Waals surface area contributed by atoms with Crippen molar-refractivity contribution in [3.63, 3.8) is 0 Å². The van der Waals surface area contributed by atoms with E-state index in [1.807, 2.05) is 74.9 Å². The Hall–Kier alpha value is -14.9. The first-order valence-corrected chi connectivity index (χ1v) is 44.1. The number of para-hydroxylation sites is 4. The number of aryl methyl sites for hydroxylation is 9. The highest BCUT2D eigenvalue weighted by Crippen LogP contribution is 2.49. The van der Waals surface area contributed by atoms with Gasteiger partial charge in [-0.2, -0.15) is 0 Å². The summed E-state index contributed by atoms with van der Waals surface area (Å²) in [5.74, 6) is -0.157. The molecule has 127 heavy (non-hydrogen) atoms. The van der Waals surface area contributed by atoms with Crippen molar-refractivity contribution in [2.75, 3.05) is 0 Å². The second-order valence-electron chi connectivity index (χ2n) is 34.3. The van der Waals surface area contributed by atoms with Gasteiger partial charge in [0, 0.05) is 94.4 Å². The van der Waals surface area contributed by atoms with Crippen LogP contribution in [0.4, 0.5) is 4.39 Å². The lowest BCUT2D eigenvalue weighted by atomic mass is 9.84. The summed E-state index contributed by atoms with van der Waals surface area (Å²) in [5, 5.41) is 19.1. The summed E-state index contributed by atoms with van der Waals surface area (Å²) in [5.41, 5.74) is 29.8. The Morgan fingerprint density at radius 3 is 0.874 bits per heavy atom. The van der Waals surface area contributed by atoms with Gasteiger partial charge in [0.25, 0.3) is 0 Å². The van der Waals surface area contributed by atoms with Gasteiger partial charge < -0.3 is 17.7 Å². The zero-order valence-electron chi connectivity index (χ0n) is 74.8. The van der Waals surface area contributed by atoms with Crippen molar-refractivity contribution in [2.24, 2.45) is 34.1 Å². The molecular formula is C118H97FN4O4+4. The normalized spacial score (nSPS) is 12.8. The lowest BCUT2D eigenvalue weighted by molar-refractivity contribution is -0.660. The lowest BCUT2D eigenvalue weighted by Crippen LogP contribution is -2.31. The Kier molecular flexibility index (Phi) is 20.0. The summed E-state index contributed by atoms with van der Waals surface area (Å²) in [6.07, 6.45) is 12.4. The molecule has 0 atom stereocenters. The lowest BCUT2D eigenvalue weighted by Gasteiger charge is -2.21. The molecule has 23 aromatic rings. The molecule has 0 spiro atoms. The van der Waals surface area contributed by atoms with Crippen LogP contribution in [-0.4, -0.2) is 0 Å². The van der Waals surface area contributed by atoms with Gasteiger partial charge in [-0.05, 0) is 188 Å². The molecule has 0 N–H and O–H groups in total. The molecule has 1 aliphatic carbocycles. The largest absolute Gasteiger partial charge is 0.455 e. The molecule has 8 heterocycles. The standard InChI is InChI=1S/C30H24NO.C30H30NO.C29H21FNO.C29H22NO/c1-19-12-14-21(15-13-19)22-16-17-31(3)26(18-22)28-20(2)23-8-4-5-9-24(23)29-25-10-6-7-11-27(25)32-30(28)29;1-20-23-12-6-7-13-24(23)29-25-14-8-9-15-27(25)32-30(29)28(20)26-19-22(16-17-31(26)2)18-21-10-4-3-5-11-21;1-18-22-7-3-4-8-23(22)28-24-9-5-6-10-26(24)32-29(28)27(18)25-17-20(15-16-31(25)2)19-11-13-21(30)14-12-19;1-19-22-12-6-7-13-23(22)28-24-14-8-9-15-26(24)31-29(28)27(19)25-18-21(16-17-30(25)2)20-10-4-3-5-11-20/h4-18H,1-3H3;6-9,12-17,19,21H,3-5,10-11,18H2,1-2H3;3-17H,1-2H3;3-18H,1-2H3/q4*+1/i;18D2;;. The Morgan fingerprint density at radius 2 is 0.543 bits per heavy atom. The van der Waals surface area contributed by atoms with E-state index in [4.69, 9.17) is 20.4 Å². The smallest absolute Gasteiger partial charge is 0.216 e. The van der Waals surface area contributed by atoms with Crippen molar-refractivity contribution < 1.29 is 43.1 Å². The Balaban J connectivity index is 0.000000104. The van der Waals surface area contributed by atoms with E-state index in [1.165, 1.54) is 117 Å². The first kappa shape index (κ1) is 76.9. The zero-order valence-corrected chi connectivity index (χ0v) is 72.8. The first-order chi connectivity index (χ1) is 62.9. The van der Waals surface area contributed by atoms with E-state index in [1.54, 1.807) is 0 Å². The van der Waals surface area contributed by atoms with Gasteiger partial charge in [-0.25, -0.2) is 22.7 Å². The van der Waals surface area contributed by atoms with Gasteiger partial charge in [-0.3, -0.25) is 0 Å². The third-order valence-corrected chi connectivity index (χ3v) is 26.5. The van der Waals surface area contributed by atoms with Gasteiger partial charge in [0.1, 0.15) is 78.7 Å². The highest BCUT2D eigenvalue weighted by Gasteiger charge is 2.31. The second-order valence-corrected chi connectivity index (χ2v) is 34.3. The molecule has 24 rings (SSSR count). The third kappa shape index (κ3) is 14.2. The summed E-state index contributed by atoms with van der Waals surface area (Å²) in [4.78, 5) is 0. The molecule has 1 saturated carbocycles. The van der Waals surface area contributed by atoms with Gasteiger partial charge in [-0.1, -0.05) is 274 Å². The maximum absolute atomic E-state index is 13.5. The van der Waals surface area contributed by atoms with Gasteiger partial charge >= 0.3 is 0 Å². The molecule has 1 fully saturated rings. The average molecular weight is 1660 g/mol. The molecule has 8 nitrogen and oxygen atoms in total. The van der Waals surface area contributed by atoms with Crippen molar-refractivity contribution in [3.8, 4) is 78.4 Å². The predicted molar refractivity (Wildman–Crippen MR) is 522 cm³/mol. The van der Waals surface area contributed by atoms with Crippen molar-refractivity contribution in [3.05, 3.63) is 386 Å².